The predicted octanol–water partition coefficient (Wildman–Crippen LogP) is 7.23. The SMILES string of the molecule is CC(C)Oc1cccc(F)c1-c1ccc(N2C[C@H](CNC(=O)c3ccc(-c4nc5cc(C#N)cc(C(C)C)c5o4)cc3)OC2=O)nc1. The fourth-order valence-electron chi connectivity index (χ4n) is 5.39. The summed E-state index contributed by atoms with van der Waals surface area (Å²) in [7, 11) is 0. The van der Waals surface area contributed by atoms with E-state index in [0.717, 1.165) is 5.56 Å². The molecular formula is C36H32FN5O5. The highest BCUT2D eigenvalue weighted by Crippen LogP contribution is 2.34. The molecule has 1 fully saturated rings. The number of halogens is 1. The number of rotatable bonds is 9. The van der Waals surface area contributed by atoms with Crippen LogP contribution in [0.5, 0.6) is 5.75 Å². The van der Waals surface area contributed by atoms with Crippen LogP contribution in [0.3, 0.4) is 0 Å². The van der Waals surface area contributed by atoms with E-state index in [9.17, 15) is 19.2 Å². The Morgan fingerprint density at radius 2 is 1.87 bits per heavy atom. The Bertz CT molecular complexity index is 2000. The summed E-state index contributed by atoms with van der Waals surface area (Å²) in [5.41, 5.74) is 4.56. The van der Waals surface area contributed by atoms with Gasteiger partial charge in [-0.2, -0.15) is 5.26 Å². The van der Waals surface area contributed by atoms with Crippen molar-refractivity contribution in [3.63, 3.8) is 0 Å². The number of hydrogen-bond donors (Lipinski definition) is 1. The van der Waals surface area contributed by atoms with Crippen molar-refractivity contribution in [3.05, 3.63) is 95.4 Å². The second kappa shape index (κ2) is 12.9. The van der Waals surface area contributed by atoms with Crippen LogP contribution in [0.15, 0.2) is 77.3 Å². The molecule has 3 heterocycles. The van der Waals surface area contributed by atoms with Gasteiger partial charge < -0.3 is 19.2 Å². The average Bonchev–Trinajstić information content (AvgIpc) is 3.66. The molecule has 1 aliphatic rings. The molecule has 10 nitrogen and oxygen atoms in total. The van der Waals surface area contributed by atoms with Crippen molar-refractivity contribution in [2.24, 2.45) is 0 Å². The number of anilines is 1. The molecule has 1 atom stereocenters. The first kappa shape index (κ1) is 31.2. The van der Waals surface area contributed by atoms with E-state index >= 15 is 0 Å². The molecular weight excluding hydrogens is 601 g/mol. The molecule has 1 N–H and O–H groups in total. The summed E-state index contributed by atoms with van der Waals surface area (Å²) in [6.07, 6.45) is 0.153. The van der Waals surface area contributed by atoms with Crippen molar-refractivity contribution >= 4 is 28.9 Å². The molecule has 5 aromatic rings. The van der Waals surface area contributed by atoms with E-state index in [1.165, 1.54) is 17.2 Å². The minimum absolute atomic E-state index is 0.0936. The number of nitriles is 1. The van der Waals surface area contributed by atoms with Gasteiger partial charge in [0.2, 0.25) is 5.89 Å². The van der Waals surface area contributed by atoms with Gasteiger partial charge in [0.05, 0.1) is 36.4 Å². The fraction of sp³-hybridized carbons (Fsp3) is 0.250. The van der Waals surface area contributed by atoms with Crippen molar-refractivity contribution < 1.29 is 27.9 Å². The van der Waals surface area contributed by atoms with Crippen LogP contribution in [0.25, 0.3) is 33.7 Å². The number of aromatic nitrogens is 2. The van der Waals surface area contributed by atoms with Gasteiger partial charge >= 0.3 is 6.09 Å². The Labute approximate surface area is 270 Å². The summed E-state index contributed by atoms with van der Waals surface area (Å²) < 4.78 is 32.0. The zero-order chi connectivity index (χ0) is 33.2. The highest BCUT2D eigenvalue weighted by atomic mass is 19.1. The second-order valence-electron chi connectivity index (χ2n) is 11.8. The highest BCUT2D eigenvalue weighted by molar-refractivity contribution is 5.95. The molecule has 0 aliphatic carbocycles. The smallest absolute Gasteiger partial charge is 0.416 e. The van der Waals surface area contributed by atoms with Gasteiger partial charge in [-0.05, 0) is 80.4 Å². The molecule has 1 saturated heterocycles. The summed E-state index contributed by atoms with van der Waals surface area (Å²) in [6.45, 7) is 8.04. The normalized spacial score (nSPS) is 14.5. The standard InChI is InChI=1S/C36H32FN5O5/c1-20(2)27-14-22(16-38)15-29-33(27)47-35(41-29)24-10-8-23(9-11-24)34(43)40-18-26-19-42(36(44)46-26)31-13-12-25(17-39-31)32-28(37)6-5-7-30(32)45-21(3)4/h5-15,17,20-21,26H,18-19H2,1-4H3,(H,40,43)/t26-/m0/s1. The number of carbonyl (C=O) groups is 2. The number of pyridine rings is 1. The van der Waals surface area contributed by atoms with Crippen LogP contribution in [0.4, 0.5) is 15.0 Å². The maximum atomic E-state index is 14.7. The van der Waals surface area contributed by atoms with Crippen LogP contribution in [-0.4, -0.2) is 47.3 Å². The average molecular weight is 634 g/mol. The molecule has 3 aromatic carbocycles. The molecule has 11 heteroatoms. The number of cyclic esters (lactones) is 1. The number of carbonyl (C=O) groups excluding carboxylic acids is 2. The number of oxazole rings is 1. The lowest BCUT2D eigenvalue weighted by Crippen LogP contribution is -2.34. The Hall–Kier alpha value is -5.76. The number of hydrogen-bond acceptors (Lipinski definition) is 8. The maximum absolute atomic E-state index is 14.7. The number of benzene rings is 3. The Morgan fingerprint density at radius 1 is 1.11 bits per heavy atom. The third kappa shape index (κ3) is 6.49. The Morgan fingerprint density at radius 3 is 2.55 bits per heavy atom. The number of amides is 2. The van der Waals surface area contributed by atoms with E-state index in [4.69, 9.17) is 13.9 Å². The highest BCUT2D eigenvalue weighted by Gasteiger charge is 2.33. The van der Waals surface area contributed by atoms with E-state index in [2.05, 4.69) is 21.4 Å². The minimum Gasteiger partial charge on any atom is -0.490 e. The van der Waals surface area contributed by atoms with Crippen molar-refractivity contribution in [1.82, 2.24) is 15.3 Å². The second-order valence-corrected chi connectivity index (χ2v) is 11.8. The third-order valence-electron chi connectivity index (χ3n) is 7.68. The van der Waals surface area contributed by atoms with E-state index in [1.54, 1.807) is 54.6 Å². The van der Waals surface area contributed by atoms with E-state index < -0.39 is 18.0 Å². The van der Waals surface area contributed by atoms with Crippen LogP contribution < -0.4 is 15.0 Å². The zero-order valence-electron chi connectivity index (χ0n) is 26.3. The molecule has 0 bridgehead atoms. The molecule has 2 amide bonds. The number of nitrogens with zero attached hydrogens (tertiary/aromatic N) is 4. The molecule has 47 heavy (non-hydrogen) atoms. The van der Waals surface area contributed by atoms with Crippen molar-refractivity contribution in [2.45, 2.75) is 45.8 Å². The number of ether oxygens (including phenoxy) is 2. The van der Waals surface area contributed by atoms with E-state index in [-0.39, 0.29) is 31.0 Å². The quantitative estimate of drug-likeness (QED) is 0.180. The van der Waals surface area contributed by atoms with Crippen molar-refractivity contribution in [2.75, 3.05) is 18.0 Å². The van der Waals surface area contributed by atoms with Gasteiger partial charge in [0.15, 0.2) is 5.58 Å². The maximum Gasteiger partial charge on any atom is 0.416 e. The monoisotopic (exact) mass is 633 g/mol. The lowest BCUT2D eigenvalue weighted by atomic mass is 10.00. The predicted molar refractivity (Wildman–Crippen MR) is 174 cm³/mol. The van der Waals surface area contributed by atoms with Gasteiger partial charge in [-0.25, -0.2) is 19.2 Å². The molecule has 0 spiro atoms. The third-order valence-corrected chi connectivity index (χ3v) is 7.68. The largest absolute Gasteiger partial charge is 0.490 e. The lowest BCUT2D eigenvalue weighted by Gasteiger charge is -2.16. The topological polar surface area (TPSA) is 131 Å². The molecule has 238 valence electrons. The van der Waals surface area contributed by atoms with Crippen LogP contribution in [0.1, 0.15) is 55.1 Å². The van der Waals surface area contributed by atoms with Gasteiger partial charge in [0, 0.05) is 28.5 Å². The Kier molecular flexibility index (Phi) is 8.59. The van der Waals surface area contributed by atoms with Gasteiger partial charge in [0.1, 0.15) is 29.0 Å². The minimum atomic E-state index is -0.599. The first-order chi connectivity index (χ1) is 22.6. The Balaban J connectivity index is 1.08. The summed E-state index contributed by atoms with van der Waals surface area (Å²) >= 11 is 0. The van der Waals surface area contributed by atoms with Crippen LogP contribution >= 0.6 is 0 Å². The number of nitrogens with one attached hydrogen (secondary N) is 1. The summed E-state index contributed by atoms with van der Waals surface area (Å²) in [4.78, 5) is 35.9. The van der Waals surface area contributed by atoms with E-state index in [0.29, 0.717) is 56.4 Å². The molecule has 1 aliphatic heterocycles. The van der Waals surface area contributed by atoms with Gasteiger partial charge in [-0.15, -0.1) is 0 Å². The van der Waals surface area contributed by atoms with E-state index in [1.807, 2.05) is 33.8 Å². The summed E-state index contributed by atoms with van der Waals surface area (Å²) in [5, 5.41) is 12.2. The van der Waals surface area contributed by atoms with Crippen molar-refractivity contribution in [1.29, 1.82) is 5.26 Å². The summed E-state index contributed by atoms with van der Waals surface area (Å²) in [6, 6.07) is 20.4. The molecule has 0 unspecified atom stereocenters. The van der Waals surface area contributed by atoms with Crippen LogP contribution in [0.2, 0.25) is 0 Å². The zero-order valence-corrected chi connectivity index (χ0v) is 26.3. The lowest BCUT2D eigenvalue weighted by molar-refractivity contribution is 0.0916. The van der Waals surface area contributed by atoms with Crippen LogP contribution in [-0.2, 0) is 4.74 Å². The van der Waals surface area contributed by atoms with Crippen molar-refractivity contribution in [3.8, 4) is 34.4 Å². The summed E-state index contributed by atoms with van der Waals surface area (Å²) in [5.74, 6) is 0.504. The van der Waals surface area contributed by atoms with Gasteiger partial charge in [-0.3, -0.25) is 9.69 Å². The molecule has 6 rings (SSSR count). The molecule has 2 aromatic heterocycles. The number of fused-ring (bicyclic) bond motifs is 1. The van der Waals surface area contributed by atoms with Crippen LogP contribution in [0, 0.1) is 17.1 Å². The molecule has 0 saturated carbocycles. The van der Waals surface area contributed by atoms with Gasteiger partial charge in [0.25, 0.3) is 5.91 Å². The first-order valence-electron chi connectivity index (χ1n) is 15.2. The fourth-order valence-corrected chi connectivity index (χ4v) is 5.39. The molecule has 0 radical (unpaired) electrons. The first-order valence-corrected chi connectivity index (χ1v) is 15.2. The van der Waals surface area contributed by atoms with Gasteiger partial charge in [-0.1, -0.05) is 19.9 Å².